The van der Waals surface area contributed by atoms with Crippen LogP contribution < -0.4 is 5.32 Å². The third-order valence-corrected chi connectivity index (χ3v) is 2.91. The van der Waals surface area contributed by atoms with E-state index in [1.807, 2.05) is 30.3 Å². The van der Waals surface area contributed by atoms with Crippen molar-refractivity contribution >= 4 is 10.9 Å². The number of hydrogen-bond acceptors (Lipinski definition) is 3. The van der Waals surface area contributed by atoms with Gasteiger partial charge in [0.05, 0.1) is 18.2 Å². The molecule has 0 aliphatic rings. The second-order valence-corrected chi connectivity index (χ2v) is 4.43. The molecule has 0 spiro atoms. The summed E-state index contributed by atoms with van der Waals surface area (Å²) in [6.45, 7) is -1.30. The maximum absolute atomic E-state index is 12.1. The topological polar surface area (TPSA) is 34.1 Å². The monoisotopic (exact) mass is 284 g/mol. The van der Waals surface area contributed by atoms with Crippen molar-refractivity contribution in [1.29, 1.82) is 0 Å². The van der Waals surface area contributed by atoms with E-state index in [9.17, 15) is 13.2 Å². The smallest absolute Gasteiger partial charge is 0.370 e. The van der Waals surface area contributed by atoms with Crippen molar-refractivity contribution < 1.29 is 17.9 Å². The molecule has 0 amide bonds. The molecule has 0 bridgehead atoms. The Bertz CT molecular complexity index is 572. The lowest BCUT2D eigenvalue weighted by atomic mass is 10.1. The first-order valence-electron chi connectivity index (χ1n) is 6.16. The van der Waals surface area contributed by atoms with Crippen molar-refractivity contribution in [2.45, 2.75) is 12.2 Å². The SMILES string of the molecule is CNC(COCC(F)(F)F)c1cnc2ccccc2c1. The van der Waals surface area contributed by atoms with Gasteiger partial charge in [0.15, 0.2) is 0 Å². The fraction of sp³-hybridized carbons (Fsp3) is 0.357. The minimum absolute atomic E-state index is 0.0595. The number of nitrogens with zero attached hydrogens (tertiary/aromatic N) is 1. The highest BCUT2D eigenvalue weighted by atomic mass is 19.4. The Morgan fingerprint density at radius 1 is 1.30 bits per heavy atom. The number of para-hydroxylation sites is 1. The molecule has 0 saturated heterocycles. The Hall–Kier alpha value is -1.66. The number of halogens is 3. The van der Waals surface area contributed by atoms with Gasteiger partial charge in [-0.2, -0.15) is 13.2 Å². The van der Waals surface area contributed by atoms with Crippen LogP contribution in [-0.2, 0) is 4.74 Å². The number of nitrogens with one attached hydrogen (secondary N) is 1. The van der Waals surface area contributed by atoms with Gasteiger partial charge in [-0.3, -0.25) is 4.98 Å². The number of aromatic nitrogens is 1. The normalized spacial score (nSPS) is 13.6. The quantitative estimate of drug-likeness (QED) is 0.916. The van der Waals surface area contributed by atoms with Gasteiger partial charge in [-0.05, 0) is 24.7 Å². The van der Waals surface area contributed by atoms with Crippen molar-refractivity contribution in [1.82, 2.24) is 10.3 Å². The third kappa shape index (κ3) is 3.91. The number of alkyl halides is 3. The maximum atomic E-state index is 12.1. The molecular weight excluding hydrogens is 269 g/mol. The Kier molecular flexibility index (Phi) is 4.57. The zero-order valence-electron chi connectivity index (χ0n) is 10.9. The van der Waals surface area contributed by atoms with Crippen molar-refractivity contribution in [3.63, 3.8) is 0 Å². The molecule has 0 saturated carbocycles. The summed E-state index contributed by atoms with van der Waals surface area (Å²) in [7, 11) is 1.68. The van der Waals surface area contributed by atoms with Crippen LogP contribution in [0.15, 0.2) is 36.5 Å². The number of rotatable bonds is 5. The molecule has 0 radical (unpaired) electrons. The van der Waals surface area contributed by atoms with E-state index in [-0.39, 0.29) is 12.6 Å². The lowest BCUT2D eigenvalue weighted by molar-refractivity contribution is -0.175. The van der Waals surface area contributed by atoms with Crippen molar-refractivity contribution in [3.8, 4) is 0 Å². The summed E-state index contributed by atoms with van der Waals surface area (Å²) in [6, 6.07) is 9.15. The van der Waals surface area contributed by atoms with Crippen LogP contribution in [0.1, 0.15) is 11.6 Å². The van der Waals surface area contributed by atoms with Gasteiger partial charge in [0.1, 0.15) is 6.61 Å². The van der Waals surface area contributed by atoms with Gasteiger partial charge in [-0.1, -0.05) is 18.2 Å². The van der Waals surface area contributed by atoms with Crippen LogP contribution in [0.3, 0.4) is 0 Å². The minimum Gasteiger partial charge on any atom is -0.370 e. The summed E-state index contributed by atoms with van der Waals surface area (Å²) in [4.78, 5) is 4.29. The van der Waals surface area contributed by atoms with Crippen LogP contribution in [0.2, 0.25) is 0 Å². The van der Waals surface area contributed by atoms with E-state index in [1.165, 1.54) is 0 Å². The van der Waals surface area contributed by atoms with E-state index >= 15 is 0 Å². The average Bonchev–Trinajstić information content (AvgIpc) is 2.42. The molecule has 108 valence electrons. The van der Waals surface area contributed by atoms with Gasteiger partial charge in [0.2, 0.25) is 0 Å². The zero-order valence-corrected chi connectivity index (χ0v) is 10.9. The van der Waals surface area contributed by atoms with E-state index in [4.69, 9.17) is 4.74 Å². The zero-order chi connectivity index (χ0) is 14.6. The second kappa shape index (κ2) is 6.19. The molecule has 20 heavy (non-hydrogen) atoms. The molecule has 2 aromatic rings. The fourth-order valence-electron chi connectivity index (χ4n) is 1.92. The molecule has 1 N–H and O–H groups in total. The van der Waals surface area contributed by atoms with E-state index in [1.54, 1.807) is 13.2 Å². The molecule has 1 unspecified atom stereocenters. The van der Waals surface area contributed by atoms with Crippen molar-refractivity contribution in [2.24, 2.45) is 0 Å². The predicted octanol–water partition coefficient (Wildman–Crippen LogP) is 3.07. The van der Waals surface area contributed by atoms with Crippen LogP contribution in [0.25, 0.3) is 10.9 Å². The lowest BCUT2D eigenvalue weighted by Gasteiger charge is -2.17. The molecule has 1 aromatic heterocycles. The van der Waals surface area contributed by atoms with E-state index in [0.717, 1.165) is 16.5 Å². The van der Waals surface area contributed by atoms with Gasteiger partial charge >= 0.3 is 6.18 Å². The number of benzene rings is 1. The molecule has 3 nitrogen and oxygen atoms in total. The van der Waals surface area contributed by atoms with Crippen molar-refractivity contribution in [3.05, 3.63) is 42.1 Å². The van der Waals surface area contributed by atoms with Gasteiger partial charge in [-0.15, -0.1) is 0 Å². The summed E-state index contributed by atoms with van der Waals surface area (Å²) in [5.74, 6) is 0. The van der Waals surface area contributed by atoms with E-state index in [2.05, 4.69) is 10.3 Å². The third-order valence-electron chi connectivity index (χ3n) is 2.91. The molecule has 0 fully saturated rings. The first kappa shape index (κ1) is 14.7. The van der Waals surface area contributed by atoms with Crippen molar-refractivity contribution in [2.75, 3.05) is 20.3 Å². The van der Waals surface area contributed by atoms with Gasteiger partial charge in [-0.25, -0.2) is 0 Å². The molecule has 1 atom stereocenters. The molecule has 6 heteroatoms. The fourth-order valence-corrected chi connectivity index (χ4v) is 1.92. The first-order chi connectivity index (χ1) is 9.49. The average molecular weight is 284 g/mol. The molecule has 0 aliphatic carbocycles. The lowest BCUT2D eigenvalue weighted by Crippen LogP contribution is -2.25. The first-order valence-corrected chi connectivity index (χ1v) is 6.16. The van der Waals surface area contributed by atoms with Gasteiger partial charge in [0, 0.05) is 11.6 Å². The number of hydrogen-bond donors (Lipinski definition) is 1. The van der Waals surface area contributed by atoms with Crippen LogP contribution in [-0.4, -0.2) is 31.4 Å². The van der Waals surface area contributed by atoms with Crippen LogP contribution in [0.5, 0.6) is 0 Å². The highest BCUT2D eigenvalue weighted by Gasteiger charge is 2.28. The Balaban J connectivity index is 2.09. The number of pyridine rings is 1. The summed E-state index contributed by atoms with van der Waals surface area (Å²) in [5, 5.41) is 3.88. The van der Waals surface area contributed by atoms with E-state index in [0.29, 0.717) is 0 Å². The molecule has 1 heterocycles. The Labute approximate surface area is 114 Å². The Morgan fingerprint density at radius 2 is 2.05 bits per heavy atom. The maximum Gasteiger partial charge on any atom is 0.411 e. The largest absolute Gasteiger partial charge is 0.411 e. The van der Waals surface area contributed by atoms with Gasteiger partial charge in [0.25, 0.3) is 0 Å². The molecule has 2 rings (SSSR count). The summed E-state index contributed by atoms with van der Waals surface area (Å²) in [6.07, 6.45) is -2.65. The molecule has 0 aliphatic heterocycles. The highest BCUT2D eigenvalue weighted by molar-refractivity contribution is 5.78. The van der Waals surface area contributed by atoms with Crippen LogP contribution >= 0.6 is 0 Å². The second-order valence-electron chi connectivity index (χ2n) is 4.43. The number of ether oxygens (including phenoxy) is 1. The highest BCUT2D eigenvalue weighted by Crippen LogP contribution is 2.20. The van der Waals surface area contributed by atoms with Crippen LogP contribution in [0, 0.1) is 0 Å². The number of fused-ring (bicyclic) bond motifs is 1. The number of likely N-dealkylation sites (N-methyl/N-ethyl adjacent to an activating group) is 1. The minimum atomic E-state index is -4.31. The summed E-state index contributed by atoms with van der Waals surface area (Å²) < 4.78 is 40.9. The summed E-state index contributed by atoms with van der Waals surface area (Å²) in [5.41, 5.74) is 1.65. The standard InChI is InChI=1S/C14H15F3N2O/c1-18-13(8-20-9-14(15,16)17)11-6-10-4-2-3-5-12(10)19-7-11/h2-7,13,18H,8-9H2,1H3. The molecule has 1 aromatic carbocycles. The predicted molar refractivity (Wildman–Crippen MR) is 70.4 cm³/mol. The van der Waals surface area contributed by atoms with E-state index < -0.39 is 12.8 Å². The summed E-state index contributed by atoms with van der Waals surface area (Å²) >= 11 is 0. The Morgan fingerprint density at radius 3 is 2.75 bits per heavy atom. The van der Waals surface area contributed by atoms with Gasteiger partial charge < -0.3 is 10.1 Å². The molecular formula is C14H15F3N2O. The van der Waals surface area contributed by atoms with Crippen LogP contribution in [0.4, 0.5) is 13.2 Å².